The Balaban J connectivity index is 1.54. The fourth-order valence-corrected chi connectivity index (χ4v) is 6.90. The van der Waals surface area contributed by atoms with Crippen LogP contribution >= 0.6 is 0 Å². The number of anilines is 1. The van der Waals surface area contributed by atoms with Gasteiger partial charge in [-0.25, -0.2) is 4.79 Å². The molecule has 12 heteroatoms. The molecule has 0 aliphatic heterocycles. The van der Waals surface area contributed by atoms with E-state index >= 15 is 0 Å². The van der Waals surface area contributed by atoms with Crippen molar-refractivity contribution < 1.29 is 43.7 Å². The smallest absolute Gasteiger partial charge is 0.411 e. The van der Waals surface area contributed by atoms with Crippen LogP contribution in [0.2, 0.25) is 0 Å². The maximum atomic E-state index is 13.9. The number of aromatic hydroxyl groups is 1. The molecule has 3 aliphatic carbocycles. The number of fused-ring (bicyclic) bond motifs is 3. The molecule has 2 amide bonds. The predicted octanol–water partition coefficient (Wildman–Crippen LogP) is 1.27. The molecule has 2 unspecified atom stereocenters. The summed E-state index contributed by atoms with van der Waals surface area (Å²) < 4.78 is 4.92. The second kappa shape index (κ2) is 10.9. The molecular weight excluding hydrogens is 558 g/mol. The van der Waals surface area contributed by atoms with E-state index in [-0.39, 0.29) is 30.8 Å². The molecule has 5 N–H and O–H groups in total. The minimum atomic E-state index is -2.78. The third-order valence-electron chi connectivity index (χ3n) is 8.72. The minimum Gasteiger partial charge on any atom is -0.507 e. The molecule has 12 nitrogen and oxygen atoms in total. The molecule has 2 fully saturated rings. The van der Waals surface area contributed by atoms with Gasteiger partial charge in [-0.2, -0.15) is 0 Å². The van der Waals surface area contributed by atoms with Crippen molar-refractivity contribution >= 4 is 40.8 Å². The minimum absolute atomic E-state index is 0.0455. The molecule has 0 aromatic heterocycles. The van der Waals surface area contributed by atoms with Crippen molar-refractivity contribution in [2.24, 2.45) is 29.4 Å². The zero-order valence-electron chi connectivity index (χ0n) is 23.5. The van der Waals surface area contributed by atoms with Crippen LogP contribution in [-0.4, -0.2) is 82.6 Å². The van der Waals surface area contributed by atoms with Gasteiger partial charge in [-0.05, 0) is 67.7 Å². The Morgan fingerprint density at radius 3 is 2.40 bits per heavy atom. The molecule has 0 bridgehead atoms. The van der Waals surface area contributed by atoms with Gasteiger partial charge in [-0.1, -0.05) is 30.9 Å². The normalized spacial score (nSPS) is 28.0. The van der Waals surface area contributed by atoms with Crippen molar-refractivity contribution in [3.05, 3.63) is 60.2 Å². The summed E-state index contributed by atoms with van der Waals surface area (Å²) >= 11 is 0. The first-order chi connectivity index (χ1) is 20.3. The highest BCUT2D eigenvalue weighted by Gasteiger charge is 2.69. The highest BCUT2D eigenvalue weighted by Crippen LogP contribution is 2.51. The van der Waals surface area contributed by atoms with E-state index in [9.17, 15) is 39.0 Å². The number of nitrogens with one attached hydrogen (secondary N) is 1. The Bertz CT molecular complexity index is 1580. The number of amides is 2. The van der Waals surface area contributed by atoms with Gasteiger partial charge in [0.15, 0.2) is 34.7 Å². The van der Waals surface area contributed by atoms with E-state index in [2.05, 4.69) is 11.9 Å². The van der Waals surface area contributed by atoms with Gasteiger partial charge in [0.2, 0.25) is 5.91 Å². The van der Waals surface area contributed by atoms with Gasteiger partial charge in [0.25, 0.3) is 0 Å². The van der Waals surface area contributed by atoms with Gasteiger partial charge in [0, 0.05) is 11.6 Å². The van der Waals surface area contributed by atoms with Gasteiger partial charge in [0.05, 0.1) is 17.5 Å². The van der Waals surface area contributed by atoms with E-state index in [1.165, 1.54) is 31.1 Å². The third-order valence-corrected chi connectivity index (χ3v) is 8.72. The summed E-state index contributed by atoms with van der Waals surface area (Å²) in [4.78, 5) is 79.9. The van der Waals surface area contributed by atoms with E-state index < -0.39 is 70.4 Å². The summed E-state index contributed by atoms with van der Waals surface area (Å²) in [6, 6.07) is 8.48. The summed E-state index contributed by atoms with van der Waals surface area (Å²) in [6.07, 6.45) is 0.856. The molecule has 2 saturated carbocycles. The number of primary amides is 1. The number of Topliss-reactive ketones (excluding diaryl/α,β-unsaturated/α-hetero) is 4. The fraction of sp³-hybridized carbons (Fsp3) is 0.355. The third kappa shape index (κ3) is 4.63. The number of phenols is 1. The highest BCUT2D eigenvalue weighted by atomic mass is 16.5. The number of carbonyl (C=O) groups is 6. The van der Waals surface area contributed by atoms with Gasteiger partial charge in [0.1, 0.15) is 12.4 Å². The quantitative estimate of drug-likeness (QED) is 0.282. The molecular formula is C31H31N3O9. The second-order valence-electron chi connectivity index (χ2n) is 11.4. The summed E-state index contributed by atoms with van der Waals surface area (Å²) in [5.41, 5.74) is 4.66. The molecule has 0 saturated heterocycles. The first-order valence-corrected chi connectivity index (χ1v) is 13.7. The number of benzene rings is 2. The van der Waals surface area contributed by atoms with Gasteiger partial charge in [-0.15, -0.1) is 0 Å². The molecule has 0 radical (unpaired) electrons. The Morgan fingerprint density at radius 2 is 1.79 bits per heavy atom. The molecule has 0 heterocycles. The molecule has 43 heavy (non-hydrogen) atoms. The van der Waals surface area contributed by atoms with Crippen LogP contribution in [0.25, 0.3) is 11.1 Å². The summed E-state index contributed by atoms with van der Waals surface area (Å²) in [7, 11) is 3.06. The van der Waals surface area contributed by atoms with Crippen LogP contribution in [0.3, 0.4) is 0 Å². The lowest BCUT2D eigenvalue weighted by Gasteiger charge is -2.52. The van der Waals surface area contributed by atoms with Crippen molar-refractivity contribution in [2.45, 2.75) is 24.5 Å². The highest BCUT2D eigenvalue weighted by molar-refractivity contribution is 6.32. The molecule has 2 aromatic carbocycles. The van der Waals surface area contributed by atoms with Crippen molar-refractivity contribution in [2.75, 3.05) is 26.0 Å². The van der Waals surface area contributed by atoms with Crippen LogP contribution in [0.15, 0.2) is 49.1 Å². The van der Waals surface area contributed by atoms with Gasteiger partial charge < -0.3 is 20.7 Å². The number of nitrogens with two attached hydrogens (primary N) is 1. The number of aliphatic hydroxyl groups is 1. The molecule has 2 aromatic rings. The number of phenolic OH excluding ortho intramolecular Hbond substituents is 1. The molecule has 6 atom stereocenters. The van der Waals surface area contributed by atoms with Crippen LogP contribution in [0.4, 0.5) is 10.5 Å². The summed E-state index contributed by atoms with van der Waals surface area (Å²) in [5.74, 6) is -11.0. The fourth-order valence-electron chi connectivity index (χ4n) is 6.90. The lowest BCUT2D eigenvalue weighted by Crippen LogP contribution is -2.74. The van der Waals surface area contributed by atoms with Gasteiger partial charge >= 0.3 is 6.09 Å². The Kier molecular flexibility index (Phi) is 7.53. The largest absolute Gasteiger partial charge is 0.507 e. The number of nitrogens with zero attached hydrogens (tertiary/aromatic N) is 1. The standard InChI is InChI=1S/C31H31N3O9/c1-4-11-43-30(41)33-16-7-5-14(6-8-16)17-9-10-20(35)22-18(17)12-15-13-19-24(34(2)3)26(37)23(29(32)40)28(39)31(19,42)27(38)21(15)25(22)36/h4-10,15,19,21,23-24,35,42H,1,11-13H2,2-3H3,(H2,32,40)(H,33,41)/t15-,19-,21?,23?,24-,31-/m1/s1. The lowest BCUT2D eigenvalue weighted by atomic mass is 9.52. The molecule has 0 spiro atoms. The second-order valence-corrected chi connectivity index (χ2v) is 11.4. The average molecular weight is 590 g/mol. The van der Waals surface area contributed by atoms with E-state index in [4.69, 9.17) is 10.5 Å². The first kappa shape index (κ1) is 29.8. The molecule has 3 aliphatic rings. The van der Waals surface area contributed by atoms with Crippen LogP contribution in [0.1, 0.15) is 22.3 Å². The van der Waals surface area contributed by atoms with E-state index in [1.807, 2.05) is 0 Å². The van der Waals surface area contributed by atoms with E-state index in [0.29, 0.717) is 22.4 Å². The molecule has 224 valence electrons. The number of rotatable bonds is 6. The van der Waals surface area contributed by atoms with Crippen LogP contribution in [0.5, 0.6) is 5.75 Å². The Morgan fingerprint density at radius 1 is 1.12 bits per heavy atom. The number of carbonyl (C=O) groups excluding carboxylic acids is 6. The first-order valence-electron chi connectivity index (χ1n) is 13.7. The van der Waals surface area contributed by atoms with Crippen molar-refractivity contribution in [3.63, 3.8) is 0 Å². The van der Waals surface area contributed by atoms with Crippen LogP contribution < -0.4 is 11.1 Å². The number of hydrogen-bond donors (Lipinski definition) is 4. The Labute approximate surface area is 246 Å². The van der Waals surface area contributed by atoms with Crippen LogP contribution in [-0.2, 0) is 30.3 Å². The number of ether oxygens (including phenoxy) is 1. The maximum absolute atomic E-state index is 13.9. The maximum Gasteiger partial charge on any atom is 0.411 e. The monoisotopic (exact) mass is 589 g/mol. The van der Waals surface area contributed by atoms with Crippen molar-refractivity contribution in [1.29, 1.82) is 0 Å². The summed E-state index contributed by atoms with van der Waals surface area (Å²) in [6.45, 7) is 3.53. The van der Waals surface area contributed by atoms with Gasteiger partial charge in [-0.3, -0.25) is 34.2 Å². The lowest BCUT2D eigenvalue weighted by molar-refractivity contribution is -0.181. The topological polar surface area (TPSA) is 193 Å². The molecule has 5 rings (SSSR count). The zero-order valence-corrected chi connectivity index (χ0v) is 23.5. The Hall–Kier alpha value is -4.68. The number of likely N-dealkylation sites (N-methyl/N-ethyl adjacent to an activating group) is 1. The number of hydrogen-bond acceptors (Lipinski definition) is 10. The van der Waals surface area contributed by atoms with E-state index in [0.717, 1.165) is 0 Å². The number of ketones is 4. The van der Waals surface area contributed by atoms with Crippen molar-refractivity contribution in [3.8, 4) is 16.9 Å². The zero-order chi connectivity index (χ0) is 31.4. The van der Waals surface area contributed by atoms with Crippen molar-refractivity contribution in [1.82, 2.24) is 4.90 Å². The SMILES string of the molecule is C=CCOC(=O)Nc1ccc(-c2ccc(O)c3c2C[C@@H]2C[C@@H]4[C@@H](N(C)C)C(=O)C(C(N)=O)C(=O)[C@]4(O)C(=O)C2C3=O)cc1. The average Bonchev–Trinajstić information content (AvgIpc) is 2.94. The predicted molar refractivity (Wildman–Crippen MR) is 152 cm³/mol. The van der Waals surface area contributed by atoms with Crippen LogP contribution in [0, 0.1) is 23.7 Å². The summed E-state index contributed by atoms with van der Waals surface area (Å²) in [5, 5.41) is 25.0. The van der Waals surface area contributed by atoms with E-state index in [1.54, 1.807) is 30.3 Å².